The Balaban J connectivity index is 1.85. The molecule has 27 heavy (non-hydrogen) atoms. The van der Waals surface area contributed by atoms with E-state index in [1.165, 1.54) is 26.9 Å². The number of carbonyl (C=O) groups is 1. The van der Waals surface area contributed by atoms with Crippen molar-refractivity contribution in [3.8, 4) is 0 Å². The quantitative estimate of drug-likeness (QED) is 0.643. The van der Waals surface area contributed by atoms with Crippen molar-refractivity contribution >= 4 is 21.8 Å². The first-order chi connectivity index (χ1) is 12.8. The fourth-order valence-corrected chi connectivity index (χ4v) is 4.16. The van der Waals surface area contributed by atoms with Crippen LogP contribution in [0.4, 0.5) is 5.69 Å². The molecule has 1 aliphatic rings. The highest BCUT2D eigenvalue weighted by Gasteiger charge is 2.27. The predicted molar refractivity (Wildman–Crippen MR) is 109 cm³/mol. The fourth-order valence-electron chi connectivity index (χ4n) is 3.10. The second-order valence-electron chi connectivity index (χ2n) is 7.36. The number of hydrogen-bond acceptors (Lipinski definition) is 4. The highest BCUT2D eigenvalue weighted by atomic mass is 32.2. The van der Waals surface area contributed by atoms with Crippen molar-refractivity contribution in [2.45, 2.75) is 26.2 Å². The number of piperidine rings is 1. The van der Waals surface area contributed by atoms with Crippen molar-refractivity contribution in [2.24, 2.45) is 5.92 Å². The van der Waals surface area contributed by atoms with E-state index in [4.69, 9.17) is 0 Å². The third-order valence-corrected chi connectivity index (χ3v) is 6.74. The van der Waals surface area contributed by atoms with Crippen molar-refractivity contribution in [2.75, 3.05) is 51.1 Å². The van der Waals surface area contributed by atoms with Gasteiger partial charge in [-0.2, -0.15) is 12.7 Å². The van der Waals surface area contributed by atoms with E-state index < -0.39 is 10.2 Å². The molecule has 1 fully saturated rings. The summed E-state index contributed by atoms with van der Waals surface area (Å²) in [5, 5.41) is 2.85. The van der Waals surface area contributed by atoms with Crippen LogP contribution in [0, 0.1) is 5.92 Å². The minimum absolute atomic E-state index is 0.230. The summed E-state index contributed by atoms with van der Waals surface area (Å²) in [7, 11) is -0.821. The molecule has 1 amide bonds. The van der Waals surface area contributed by atoms with Crippen LogP contribution in [-0.4, -0.2) is 70.3 Å². The van der Waals surface area contributed by atoms with Gasteiger partial charge in [-0.1, -0.05) is 25.1 Å². The lowest BCUT2D eigenvalue weighted by molar-refractivity contribution is -0.119. The second kappa shape index (κ2) is 10.1. The molecule has 0 unspecified atom stereocenters. The normalized spacial score (nSPS) is 16.4. The molecule has 0 saturated carbocycles. The van der Waals surface area contributed by atoms with E-state index in [1.807, 2.05) is 6.07 Å². The highest BCUT2D eigenvalue weighted by Crippen LogP contribution is 2.18. The Morgan fingerprint density at radius 1 is 1.19 bits per heavy atom. The van der Waals surface area contributed by atoms with E-state index in [2.05, 4.69) is 17.1 Å². The van der Waals surface area contributed by atoms with Crippen LogP contribution in [0.5, 0.6) is 0 Å². The Labute approximate surface area is 163 Å². The molecule has 0 aromatic heterocycles. The van der Waals surface area contributed by atoms with Crippen molar-refractivity contribution < 1.29 is 13.2 Å². The lowest BCUT2D eigenvalue weighted by atomic mass is 9.99. The minimum Gasteiger partial charge on any atom is -0.354 e. The van der Waals surface area contributed by atoms with E-state index in [-0.39, 0.29) is 12.5 Å². The predicted octanol–water partition coefficient (Wildman–Crippen LogP) is 1.54. The molecule has 0 spiro atoms. The van der Waals surface area contributed by atoms with Crippen molar-refractivity contribution in [1.29, 1.82) is 0 Å². The molecule has 0 atom stereocenters. The summed E-state index contributed by atoms with van der Waals surface area (Å²) in [5.41, 5.74) is 0.476. The Bertz CT molecular complexity index is 686. The first-order valence-electron chi connectivity index (χ1n) is 9.55. The van der Waals surface area contributed by atoms with E-state index in [0.29, 0.717) is 12.2 Å². The minimum atomic E-state index is -3.74. The zero-order valence-electron chi connectivity index (χ0n) is 16.6. The zero-order valence-corrected chi connectivity index (χ0v) is 17.4. The van der Waals surface area contributed by atoms with Crippen molar-refractivity contribution in [3.05, 3.63) is 30.3 Å². The van der Waals surface area contributed by atoms with Crippen LogP contribution < -0.4 is 9.62 Å². The summed E-state index contributed by atoms with van der Waals surface area (Å²) < 4.78 is 27.4. The zero-order chi connectivity index (χ0) is 19.9. The smallest absolute Gasteiger partial charge is 0.304 e. The van der Waals surface area contributed by atoms with E-state index in [0.717, 1.165) is 40.6 Å². The van der Waals surface area contributed by atoms with Crippen LogP contribution in [-0.2, 0) is 15.0 Å². The van der Waals surface area contributed by atoms with Crippen LogP contribution >= 0.6 is 0 Å². The van der Waals surface area contributed by atoms with Gasteiger partial charge in [0.25, 0.3) is 0 Å². The molecule has 0 bridgehead atoms. The summed E-state index contributed by atoms with van der Waals surface area (Å²) in [5.74, 6) is 0.514. The summed E-state index contributed by atoms with van der Waals surface area (Å²) in [6.07, 6.45) is 3.34. The van der Waals surface area contributed by atoms with Crippen molar-refractivity contribution in [1.82, 2.24) is 14.5 Å². The lowest BCUT2D eigenvalue weighted by Gasteiger charge is -2.30. The van der Waals surface area contributed by atoms with Crippen LogP contribution in [0.25, 0.3) is 0 Å². The first-order valence-corrected chi connectivity index (χ1v) is 10.9. The molecular weight excluding hydrogens is 364 g/mol. The number of rotatable bonds is 9. The number of benzene rings is 1. The van der Waals surface area contributed by atoms with Crippen LogP contribution in [0.2, 0.25) is 0 Å². The van der Waals surface area contributed by atoms with Gasteiger partial charge in [0.2, 0.25) is 5.91 Å². The summed E-state index contributed by atoms with van der Waals surface area (Å²) in [6, 6.07) is 8.69. The molecule has 1 heterocycles. The number of nitrogens with one attached hydrogen (secondary N) is 1. The van der Waals surface area contributed by atoms with E-state index in [1.54, 1.807) is 24.3 Å². The monoisotopic (exact) mass is 396 g/mol. The second-order valence-corrected chi connectivity index (χ2v) is 9.43. The average Bonchev–Trinajstić information content (AvgIpc) is 2.65. The van der Waals surface area contributed by atoms with Gasteiger partial charge in [0.15, 0.2) is 0 Å². The largest absolute Gasteiger partial charge is 0.354 e. The fraction of sp³-hybridized carbons (Fsp3) is 0.632. The molecule has 8 heteroatoms. The first kappa shape index (κ1) is 21.7. The molecule has 1 aromatic carbocycles. The Morgan fingerprint density at radius 3 is 2.41 bits per heavy atom. The summed E-state index contributed by atoms with van der Waals surface area (Å²) in [6.45, 7) is 5.82. The average molecular weight is 397 g/mol. The molecule has 1 N–H and O–H groups in total. The molecule has 152 valence electrons. The standard InChI is InChI=1S/C19H32N4O3S/c1-17-10-14-22(15-11-17)13-7-12-20-19(24)16-23(27(25,26)21(2)3)18-8-5-4-6-9-18/h4-6,8-9,17H,7,10-16H2,1-3H3,(H,20,24). The molecule has 1 aliphatic heterocycles. The van der Waals surface area contributed by atoms with E-state index >= 15 is 0 Å². The van der Waals surface area contributed by atoms with Crippen molar-refractivity contribution in [3.63, 3.8) is 0 Å². The van der Waals surface area contributed by atoms with Crippen LogP contribution in [0.1, 0.15) is 26.2 Å². The Hall–Kier alpha value is -1.64. The van der Waals surface area contributed by atoms with Gasteiger partial charge in [0.05, 0.1) is 5.69 Å². The number of amides is 1. The molecule has 2 rings (SSSR count). The van der Waals surface area contributed by atoms with Gasteiger partial charge < -0.3 is 10.2 Å². The third kappa shape index (κ3) is 6.48. The maximum atomic E-state index is 12.6. The summed E-state index contributed by atoms with van der Waals surface area (Å²) in [4.78, 5) is 14.8. The number of hydrogen-bond donors (Lipinski definition) is 1. The number of anilines is 1. The van der Waals surface area contributed by atoms with Gasteiger partial charge in [-0.25, -0.2) is 4.31 Å². The maximum absolute atomic E-state index is 12.6. The molecule has 1 aromatic rings. The number of para-hydroxylation sites is 1. The number of carbonyl (C=O) groups excluding carboxylic acids is 1. The Kier molecular flexibility index (Phi) is 8.07. The third-order valence-electron chi connectivity index (χ3n) is 4.92. The maximum Gasteiger partial charge on any atom is 0.304 e. The van der Waals surface area contributed by atoms with Gasteiger partial charge in [-0.3, -0.25) is 4.79 Å². The lowest BCUT2D eigenvalue weighted by Crippen LogP contribution is -2.46. The Morgan fingerprint density at radius 2 is 1.81 bits per heavy atom. The van der Waals surface area contributed by atoms with Gasteiger partial charge in [0, 0.05) is 20.6 Å². The topological polar surface area (TPSA) is 73.0 Å². The van der Waals surface area contributed by atoms with Gasteiger partial charge in [-0.15, -0.1) is 0 Å². The molecule has 1 saturated heterocycles. The molecule has 7 nitrogen and oxygen atoms in total. The summed E-state index contributed by atoms with van der Waals surface area (Å²) >= 11 is 0. The van der Waals surface area contributed by atoms with Gasteiger partial charge >= 0.3 is 10.2 Å². The van der Waals surface area contributed by atoms with Crippen LogP contribution in [0.3, 0.4) is 0 Å². The molecule has 0 aliphatic carbocycles. The highest BCUT2D eigenvalue weighted by molar-refractivity contribution is 7.90. The SMILES string of the molecule is CC1CCN(CCCNC(=O)CN(c2ccccc2)S(=O)(=O)N(C)C)CC1. The van der Waals surface area contributed by atoms with Gasteiger partial charge in [-0.05, 0) is 56.9 Å². The number of nitrogens with zero attached hydrogens (tertiary/aromatic N) is 3. The number of likely N-dealkylation sites (tertiary alicyclic amines) is 1. The molecular formula is C19H32N4O3S. The van der Waals surface area contributed by atoms with Gasteiger partial charge in [0.1, 0.15) is 6.54 Å². The molecule has 0 radical (unpaired) electrons. The van der Waals surface area contributed by atoms with E-state index in [9.17, 15) is 13.2 Å². The van der Waals surface area contributed by atoms with Crippen LogP contribution in [0.15, 0.2) is 30.3 Å².